The van der Waals surface area contributed by atoms with Crippen molar-refractivity contribution in [1.29, 1.82) is 0 Å². The lowest BCUT2D eigenvalue weighted by Gasteiger charge is -2.30. The standard InChI is InChI=1S/C11H22N2O/c1-9-8-13(6-3-7-14-9)11-4-5-12-10(11)2/h9-12H,3-8H2,1-2H3. The molecule has 2 aliphatic heterocycles. The van der Waals surface area contributed by atoms with E-state index in [4.69, 9.17) is 4.74 Å². The highest BCUT2D eigenvalue weighted by molar-refractivity contribution is 4.89. The van der Waals surface area contributed by atoms with Gasteiger partial charge < -0.3 is 10.1 Å². The van der Waals surface area contributed by atoms with Crippen molar-refractivity contribution in [2.45, 2.75) is 44.9 Å². The van der Waals surface area contributed by atoms with Gasteiger partial charge in [0, 0.05) is 31.8 Å². The molecule has 0 amide bonds. The zero-order valence-electron chi connectivity index (χ0n) is 9.33. The Morgan fingerprint density at radius 1 is 1.36 bits per heavy atom. The third kappa shape index (κ3) is 2.27. The van der Waals surface area contributed by atoms with E-state index in [-0.39, 0.29) is 0 Å². The topological polar surface area (TPSA) is 24.5 Å². The predicted octanol–water partition coefficient (Wildman–Crippen LogP) is 0.848. The molecule has 0 aromatic heterocycles. The summed E-state index contributed by atoms with van der Waals surface area (Å²) in [6, 6.07) is 1.39. The van der Waals surface area contributed by atoms with Crippen LogP contribution in [0.15, 0.2) is 0 Å². The van der Waals surface area contributed by atoms with E-state index in [2.05, 4.69) is 24.1 Å². The average molecular weight is 198 g/mol. The molecule has 2 fully saturated rings. The van der Waals surface area contributed by atoms with Gasteiger partial charge in [0.25, 0.3) is 0 Å². The van der Waals surface area contributed by atoms with Gasteiger partial charge in [0.1, 0.15) is 0 Å². The minimum absolute atomic E-state index is 0.408. The van der Waals surface area contributed by atoms with Gasteiger partial charge >= 0.3 is 0 Å². The zero-order chi connectivity index (χ0) is 9.97. The summed E-state index contributed by atoms with van der Waals surface area (Å²) >= 11 is 0. The third-order valence-corrected chi connectivity index (χ3v) is 3.44. The molecule has 0 aromatic carbocycles. The van der Waals surface area contributed by atoms with Gasteiger partial charge in [0.15, 0.2) is 0 Å². The molecule has 0 radical (unpaired) electrons. The molecule has 2 aliphatic rings. The van der Waals surface area contributed by atoms with E-state index in [1.54, 1.807) is 0 Å². The maximum atomic E-state index is 5.67. The molecule has 2 saturated heterocycles. The monoisotopic (exact) mass is 198 g/mol. The Morgan fingerprint density at radius 3 is 2.93 bits per heavy atom. The normalized spacial score (nSPS) is 41.1. The van der Waals surface area contributed by atoms with E-state index >= 15 is 0 Å². The van der Waals surface area contributed by atoms with Crippen LogP contribution in [0.4, 0.5) is 0 Å². The van der Waals surface area contributed by atoms with Gasteiger partial charge in [-0.1, -0.05) is 0 Å². The smallest absolute Gasteiger partial charge is 0.0674 e. The molecule has 0 spiro atoms. The lowest BCUT2D eigenvalue weighted by Crippen LogP contribution is -2.44. The van der Waals surface area contributed by atoms with Gasteiger partial charge in [0.2, 0.25) is 0 Å². The summed E-state index contributed by atoms with van der Waals surface area (Å²) < 4.78 is 5.67. The van der Waals surface area contributed by atoms with E-state index in [9.17, 15) is 0 Å². The van der Waals surface area contributed by atoms with Crippen LogP contribution in [0.25, 0.3) is 0 Å². The Kier molecular flexibility index (Phi) is 3.42. The number of rotatable bonds is 1. The van der Waals surface area contributed by atoms with E-state index in [1.807, 2.05) is 0 Å². The molecular formula is C11H22N2O. The zero-order valence-corrected chi connectivity index (χ0v) is 9.33. The summed E-state index contributed by atoms with van der Waals surface area (Å²) in [5, 5.41) is 3.52. The fourth-order valence-corrected chi connectivity index (χ4v) is 2.67. The fraction of sp³-hybridized carbons (Fsp3) is 1.00. The van der Waals surface area contributed by atoms with Gasteiger partial charge in [-0.3, -0.25) is 4.90 Å². The van der Waals surface area contributed by atoms with Crippen LogP contribution >= 0.6 is 0 Å². The predicted molar refractivity (Wildman–Crippen MR) is 57.5 cm³/mol. The van der Waals surface area contributed by atoms with Crippen molar-refractivity contribution in [2.24, 2.45) is 0 Å². The first-order valence-corrected chi connectivity index (χ1v) is 5.86. The summed E-state index contributed by atoms with van der Waals surface area (Å²) in [7, 11) is 0. The van der Waals surface area contributed by atoms with Gasteiger partial charge in [-0.2, -0.15) is 0 Å². The first-order valence-electron chi connectivity index (χ1n) is 5.86. The van der Waals surface area contributed by atoms with Crippen LogP contribution < -0.4 is 5.32 Å². The van der Waals surface area contributed by atoms with Crippen molar-refractivity contribution in [1.82, 2.24) is 10.2 Å². The second kappa shape index (κ2) is 4.60. The number of ether oxygens (including phenoxy) is 1. The first-order chi connectivity index (χ1) is 6.77. The molecule has 3 unspecified atom stereocenters. The summed E-state index contributed by atoms with van der Waals surface area (Å²) in [6.07, 6.45) is 2.90. The van der Waals surface area contributed by atoms with E-state index in [0.717, 1.165) is 19.2 Å². The molecule has 2 rings (SSSR count). The van der Waals surface area contributed by atoms with E-state index < -0.39 is 0 Å². The molecule has 1 N–H and O–H groups in total. The van der Waals surface area contributed by atoms with Crippen molar-refractivity contribution >= 4 is 0 Å². The Bertz CT molecular complexity index is 186. The fourth-order valence-electron chi connectivity index (χ4n) is 2.67. The van der Waals surface area contributed by atoms with Crippen molar-refractivity contribution in [3.63, 3.8) is 0 Å². The largest absolute Gasteiger partial charge is 0.377 e. The molecule has 3 nitrogen and oxygen atoms in total. The number of hydrogen-bond donors (Lipinski definition) is 1. The highest BCUT2D eigenvalue weighted by Gasteiger charge is 2.30. The minimum atomic E-state index is 0.408. The van der Waals surface area contributed by atoms with Crippen LogP contribution in [0.3, 0.4) is 0 Å². The highest BCUT2D eigenvalue weighted by Crippen LogP contribution is 2.17. The van der Waals surface area contributed by atoms with Crippen LogP contribution in [0, 0.1) is 0 Å². The quantitative estimate of drug-likeness (QED) is 0.676. The molecule has 3 atom stereocenters. The highest BCUT2D eigenvalue weighted by atomic mass is 16.5. The maximum Gasteiger partial charge on any atom is 0.0674 e. The third-order valence-electron chi connectivity index (χ3n) is 3.44. The van der Waals surface area contributed by atoms with Crippen LogP contribution in [0.1, 0.15) is 26.7 Å². The van der Waals surface area contributed by atoms with E-state index in [0.29, 0.717) is 12.1 Å². The van der Waals surface area contributed by atoms with Crippen LogP contribution in [-0.4, -0.2) is 49.3 Å². The molecular weight excluding hydrogens is 176 g/mol. The average Bonchev–Trinajstić information content (AvgIpc) is 2.45. The first kappa shape index (κ1) is 10.4. The molecule has 82 valence electrons. The SMILES string of the molecule is CC1CN(C2CCNC2C)CCCO1. The lowest BCUT2D eigenvalue weighted by atomic mass is 10.1. The summed E-state index contributed by atoms with van der Waals surface area (Å²) in [5.74, 6) is 0. The number of hydrogen-bond acceptors (Lipinski definition) is 3. The molecule has 0 bridgehead atoms. The maximum absolute atomic E-state index is 5.67. The van der Waals surface area contributed by atoms with Crippen molar-refractivity contribution in [3.8, 4) is 0 Å². The summed E-state index contributed by atoms with van der Waals surface area (Å²) in [5.41, 5.74) is 0. The summed E-state index contributed by atoms with van der Waals surface area (Å²) in [4.78, 5) is 2.61. The Hall–Kier alpha value is -0.120. The van der Waals surface area contributed by atoms with Crippen molar-refractivity contribution < 1.29 is 4.74 Å². The molecule has 0 aliphatic carbocycles. The van der Waals surface area contributed by atoms with E-state index in [1.165, 1.54) is 25.9 Å². The minimum Gasteiger partial charge on any atom is -0.377 e. The van der Waals surface area contributed by atoms with Crippen molar-refractivity contribution in [2.75, 3.05) is 26.2 Å². The number of nitrogens with zero attached hydrogens (tertiary/aromatic N) is 1. The second-order valence-electron chi connectivity index (χ2n) is 4.63. The van der Waals surface area contributed by atoms with Gasteiger partial charge in [-0.25, -0.2) is 0 Å². The molecule has 2 heterocycles. The molecule has 0 saturated carbocycles. The molecule has 3 heteroatoms. The summed E-state index contributed by atoms with van der Waals surface area (Å²) in [6.45, 7) is 8.92. The van der Waals surface area contributed by atoms with Crippen LogP contribution in [0.2, 0.25) is 0 Å². The Morgan fingerprint density at radius 2 is 2.21 bits per heavy atom. The number of nitrogens with one attached hydrogen (secondary N) is 1. The second-order valence-corrected chi connectivity index (χ2v) is 4.63. The molecule has 0 aromatic rings. The van der Waals surface area contributed by atoms with Gasteiger partial charge in [-0.05, 0) is 33.2 Å². The van der Waals surface area contributed by atoms with Crippen LogP contribution in [0.5, 0.6) is 0 Å². The Labute approximate surface area is 86.8 Å². The van der Waals surface area contributed by atoms with Gasteiger partial charge in [-0.15, -0.1) is 0 Å². The van der Waals surface area contributed by atoms with Crippen LogP contribution in [-0.2, 0) is 4.74 Å². The molecule has 14 heavy (non-hydrogen) atoms. The lowest BCUT2D eigenvalue weighted by molar-refractivity contribution is 0.0598. The van der Waals surface area contributed by atoms with Gasteiger partial charge in [0.05, 0.1) is 6.10 Å². The Balaban J connectivity index is 1.94. The van der Waals surface area contributed by atoms with Crippen molar-refractivity contribution in [3.05, 3.63) is 0 Å².